The highest BCUT2D eigenvalue weighted by Gasteiger charge is 2.20. The fraction of sp³-hybridized carbons (Fsp3) is 0.0952. The molecule has 0 aliphatic carbocycles. The minimum absolute atomic E-state index is 0.283. The van der Waals surface area contributed by atoms with Crippen molar-refractivity contribution in [3.05, 3.63) is 76.9 Å². The Morgan fingerprint density at radius 3 is 2.70 bits per heavy atom. The first-order valence-electron chi connectivity index (χ1n) is 9.05. The Morgan fingerprint density at radius 1 is 1.20 bits per heavy atom. The minimum atomic E-state index is -1.24. The van der Waals surface area contributed by atoms with Gasteiger partial charge in [-0.1, -0.05) is 11.6 Å². The molecule has 30 heavy (non-hydrogen) atoms. The average Bonchev–Trinajstić information content (AvgIpc) is 3.21. The number of carbonyl (C=O) groups excluding carboxylic acids is 1. The molecule has 1 aliphatic rings. The lowest BCUT2D eigenvalue weighted by Crippen LogP contribution is -2.22. The second-order valence-electron chi connectivity index (χ2n) is 6.48. The number of hydrogen-bond acceptors (Lipinski definition) is 4. The number of nitriles is 1. The molecule has 0 spiro atoms. The van der Waals surface area contributed by atoms with Gasteiger partial charge in [-0.15, -0.1) is 0 Å². The summed E-state index contributed by atoms with van der Waals surface area (Å²) in [5.74, 6) is -0.283. The van der Waals surface area contributed by atoms with E-state index in [4.69, 9.17) is 16.9 Å². The first kappa shape index (κ1) is 20.0. The van der Waals surface area contributed by atoms with Crippen LogP contribution >= 0.6 is 11.6 Å². The summed E-state index contributed by atoms with van der Waals surface area (Å²) in [6.45, 7) is 1.30. The Morgan fingerprint density at radius 2 is 2.00 bits per heavy atom. The molecule has 150 valence electrons. The van der Waals surface area contributed by atoms with Gasteiger partial charge in [0.05, 0.1) is 28.0 Å². The molecule has 0 saturated carbocycles. The third kappa shape index (κ3) is 4.19. The number of aromatic nitrogens is 1. The molecule has 7 nitrogen and oxygen atoms in total. The van der Waals surface area contributed by atoms with Crippen molar-refractivity contribution >= 4 is 40.1 Å². The molecule has 2 aromatic carbocycles. The van der Waals surface area contributed by atoms with Crippen LogP contribution in [0.3, 0.4) is 0 Å². The summed E-state index contributed by atoms with van der Waals surface area (Å²) < 4.78 is 16.4. The van der Waals surface area contributed by atoms with E-state index < -0.39 is 11.2 Å². The summed E-state index contributed by atoms with van der Waals surface area (Å²) in [5, 5.41) is 12.4. The van der Waals surface area contributed by atoms with Gasteiger partial charge in [0.2, 0.25) is 0 Å². The second kappa shape index (κ2) is 8.63. The van der Waals surface area contributed by atoms with Crippen LogP contribution in [0.1, 0.15) is 15.9 Å². The standard InChI is InChI=1S/C21H16ClN5O2S/c22-19-6-3-16(12-18(19)20-11-14(13-23)7-8-24-20)26-21(28)15-1-4-17(5-2-15)27-10-9-25-30(27)29/h1-8,11-12,25H,9-10H2,(H,26,28). The number of carbonyl (C=O) groups is 1. The summed E-state index contributed by atoms with van der Waals surface area (Å²) in [6, 6.07) is 17.3. The highest BCUT2D eigenvalue weighted by Crippen LogP contribution is 2.30. The van der Waals surface area contributed by atoms with E-state index in [0.717, 1.165) is 5.69 Å². The monoisotopic (exact) mass is 437 g/mol. The Labute approximate surface area is 181 Å². The molecule has 1 unspecified atom stereocenters. The normalized spacial score (nSPS) is 15.6. The number of pyridine rings is 1. The number of anilines is 2. The lowest BCUT2D eigenvalue weighted by molar-refractivity contribution is 0.102. The lowest BCUT2D eigenvalue weighted by Gasteiger charge is -2.15. The van der Waals surface area contributed by atoms with Gasteiger partial charge in [0, 0.05) is 36.1 Å². The Bertz CT molecular complexity index is 1180. The molecule has 1 aromatic heterocycles. The van der Waals surface area contributed by atoms with Gasteiger partial charge in [-0.2, -0.15) is 5.26 Å². The van der Waals surface area contributed by atoms with Gasteiger partial charge < -0.3 is 5.32 Å². The first-order valence-corrected chi connectivity index (χ1v) is 10.5. The molecule has 3 aromatic rings. The zero-order chi connectivity index (χ0) is 21.1. The van der Waals surface area contributed by atoms with Gasteiger partial charge in [-0.05, 0) is 54.6 Å². The first-order chi connectivity index (χ1) is 14.5. The zero-order valence-corrected chi connectivity index (χ0v) is 17.2. The number of nitrogens with one attached hydrogen (secondary N) is 2. The molecule has 2 heterocycles. The van der Waals surface area contributed by atoms with Crippen molar-refractivity contribution in [2.45, 2.75) is 0 Å². The number of halogens is 1. The largest absolute Gasteiger partial charge is 0.322 e. The van der Waals surface area contributed by atoms with Crippen LogP contribution in [-0.4, -0.2) is 28.2 Å². The quantitative estimate of drug-likeness (QED) is 0.652. The van der Waals surface area contributed by atoms with Crippen molar-refractivity contribution in [2.75, 3.05) is 22.7 Å². The van der Waals surface area contributed by atoms with Crippen molar-refractivity contribution in [3.8, 4) is 17.3 Å². The Hall–Kier alpha value is -3.25. The SMILES string of the molecule is N#Cc1ccnc(-c2cc(NC(=O)c3ccc(N4CCNS4=O)cc3)ccc2Cl)c1. The smallest absolute Gasteiger partial charge is 0.255 e. The maximum absolute atomic E-state index is 12.7. The van der Waals surface area contributed by atoms with Crippen LogP contribution in [0.5, 0.6) is 0 Å². The predicted octanol–water partition coefficient (Wildman–Crippen LogP) is 3.51. The van der Waals surface area contributed by atoms with Gasteiger partial charge in [0.25, 0.3) is 5.91 Å². The van der Waals surface area contributed by atoms with E-state index in [-0.39, 0.29) is 5.91 Å². The van der Waals surface area contributed by atoms with E-state index in [1.807, 2.05) is 0 Å². The van der Waals surface area contributed by atoms with Gasteiger partial charge in [0.15, 0.2) is 11.2 Å². The molecule has 1 fully saturated rings. The number of amides is 1. The molecule has 0 radical (unpaired) electrons. The van der Waals surface area contributed by atoms with Gasteiger partial charge >= 0.3 is 0 Å². The summed E-state index contributed by atoms with van der Waals surface area (Å²) in [5.41, 5.74) is 3.44. The van der Waals surface area contributed by atoms with Crippen LogP contribution in [-0.2, 0) is 11.2 Å². The molecule has 0 bridgehead atoms. The summed E-state index contributed by atoms with van der Waals surface area (Å²) in [4.78, 5) is 16.9. The van der Waals surface area contributed by atoms with Gasteiger partial charge in [-0.25, -0.2) is 8.93 Å². The molecular formula is C21H16ClN5O2S. The fourth-order valence-electron chi connectivity index (χ4n) is 3.05. The molecule has 1 atom stereocenters. The van der Waals surface area contributed by atoms with Crippen molar-refractivity contribution in [1.82, 2.24) is 9.71 Å². The minimum Gasteiger partial charge on any atom is -0.322 e. The van der Waals surface area contributed by atoms with Crippen molar-refractivity contribution in [3.63, 3.8) is 0 Å². The number of hydrogen-bond donors (Lipinski definition) is 2. The Balaban J connectivity index is 1.53. The Kier molecular flexibility index (Phi) is 5.77. The second-order valence-corrected chi connectivity index (χ2v) is 8.12. The van der Waals surface area contributed by atoms with Crippen molar-refractivity contribution < 1.29 is 9.00 Å². The highest BCUT2D eigenvalue weighted by molar-refractivity contribution is 7.84. The lowest BCUT2D eigenvalue weighted by atomic mass is 10.1. The van der Waals surface area contributed by atoms with E-state index in [0.29, 0.717) is 46.2 Å². The highest BCUT2D eigenvalue weighted by atomic mass is 35.5. The third-order valence-corrected chi connectivity index (χ3v) is 6.12. The van der Waals surface area contributed by atoms with Crippen molar-refractivity contribution in [2.24, 2.45) is 0 Å². The summed E-state index contributed by atoms with van der Waals surface area (Å²) in [7, 11) is 0. The molecule has 9 heteroatoms. The number of nitrogens with zero attached hydrogens (tertiary/aromatic N) is 3. The molecule has 1 aliphatic heterocycles. The summed E-state index contributed by atoms with van der Waals surface area (Å²) >= 11 is 5.06. The van der Waals surface area contributed by atoms with E-state index in [1.165, 1.54) is 0 Å². The summed E-state index contributed by atoms with van der Waals surface area (Å²) in [6.07, 6.45) is 1.54. The number of benzene rings is 2. The van der Waals surface area contributed by atoms with Gasteiger partial charge in [0.1, 0.15) is 0 Å². The van der Waals surface area contributed by atoms with Crippen LogP contribution in [0, 0.1) is 11.3 Å². The van der Waals surface area contributed by atoms with E-state index in [2.05, 4.69) is 21.1 Å². The van der Waals surface area contributed by atoms with Crippen LogP contribution in [0.4, 0.5) is 11.4 Å². The maximum atomic E-state index is 12.7. The topological polar surface area (TPSA) is 98.1 Å². The molecule has 2 N–H and O–H groups in total. The van der Waals surface area contributed by atoms with Crippen LogP contribution in [0.25, 0.3) is 11.3 Å². The third-order valence-electron chi connectivity index (χ3n) is 4.55. The predicted molar refractivity (Wildman–Crippen MR) is 117 cm³/mol. The molecule has 4 rings (SSSR count). The average molecular weight is 438 g/mol. The molecule has 1 amide bonds. The van der Waals surface area contributed by atoms with Crippen LogP contribution in [0.2, 0.25) is 5.02 Å². The fourth-order valence-corrected chi connectivity index (χ4v) is 4.26. The molecule has 1 saturated heterocycles. The van der Waals surface area contributed by atoms with E-state index in [9.17, 15) is 9.00 Å². The maximum Gasteiger partial charge on any atom is 0.255 e. The molecular weight excluding hydrogens is 422 g/mol. The zero-order valence-electron chi connectivity index (χ0n) is 15.6. The van der Waals surface area contributed by atoms with E-state index >= 15 is 0 Å². The van der Waals surface area contributed by atoms with Crippen LogP contribution in [0.15, 0.2) is 60.8 Å². The van der Waals surface area contributed by atoms with E-state index in [1.54, 1.807) is 65.1 Å². The number of rotatable bonds is 4. The van der Waals surface area contributed by atoms with Gasteiger partial charge in [-0.3, -0.25) is 14.1 Å². The van der Waals surface area contributed by atoms with Crippen LogP contribution < -0.4 is 14.3 Å². The van der Waals surface area contributed by atoms with Crippen molar-refractivity contribution in [1.29, 1.82) is 5.26 Å².